The Balaban J connectivity index is 1.32. The van der Waals surface area contributed by atoms with Crippen LogP contribution in [0.5, 0.6) is 0 Å². The number of carbonyl (C=O) groups is 2. The predicted molar refractivity (Wildman–Crippen MR) is 137 cm³/mol. The number of hydrogen-bond acceptors (Lipinski definition) is 4. The molecule has 0 bridgehead atoms. The van der Waals surface area contributed by atoms with E-state index in [1.165, 1.54) is 0 Å². The number of carboxylic acids is 1. The summed E-state index contributed by atoms with van der Waals surface area (Å²) in [5.74, 6) is -1.23. The van der Waals surface area contributed by atoms with Crippen molar-refractivity contribution in [3.8, 4) is 22.4 Å². The van der Waals surface area contributed by atoms with Crippen molar-refractivity contribution in [2.24, 2.45) is 0 Å². The van der Waals surface area contributed by atoms with Gasteiger partial charge in [0.25, 0.3) is 0 Å². The quantitative estimate of drug-likeness (QED) is 0.262. The third-order valence-corrected chi connectivity index (χ3v) is 6.72. The van der Waals surface area contributed by atoms with Gasteiger partial charge in [0.2, 0.25) is 6.41 Å². The minimum absolute atomic E-state index is 0.0764. The highest BCUT2D eigenvalue weighted by Gasteiger charge is 2.31. The number of rotatable bonds is 9. The Morgan fingerprint density at radius 3 is 2.11 bits per heavy atom. The van der Waals surface area contributed by atoms with Crippen LogP contribution in [-0.2, 0) is 20.8 Å². The molecule has 0 saturated heterocycles. The second kappa shape index (κ2) is 10.1. The van der Waals surface area contributed by atoms with Crippen molar-refractivity contribution in [2.75, 3.05) is 6.61 Å². The largest absolute Gasteiger partial charge is 0.480 e. The van der Waals surface area contributed by atoms with Crippen LogP contribution in [0.25, 0.3) is 22.4 Å². The zero-order valence-electron chi connectivity index (χ0n) is 19.9. The summed E-state index contributed by atoms with van der Waals surface area (Å²) in [6, 6.07) is 26.7. The van der Waals surface area contributed by atoms with Gasteiger partial charge in [0.1, 0.15) is 0 Å². The van der Waals surface area contributed by atoms with E-state index in [4.69, 9.17) is 4.84 Å². The van der Waals surface area contributed by atoms with Gasteiger partial charge in [-0.05, 0) is 46.4 Å². The standard InChI is InChI=1S/C30H26N2O4/c1-20-8-2-3-9-22(20)28-15-14-21(17-31-28)16-29(30(34)35)32(19-33)36-18-27-25-12-6-4-10-23(25)24-11-5-7-13-26(24)27/h2-15,17,19,27,29H,16,18H2,1H3,(H,34,35). The number of hydrogen-bond donors (Lipinski definition) is 1. The average molecular weight is 479 g/mol. The Morgan fingerprint density at radius 1 is 0.944 bits per heavy atom. The Hall–Kier alpha value is -4.29. The van der Waals surface area contributed by atoms with Crippen LogP contribution in [0.2, 0.25) is 0 Å². The molecule has 1 heterocycles. The fraction of sp³-hybridized carbons (Fsp3) is 0.167. The van der Waals surface area contributed by atoms with Crippen LogP contribution in [0.4, 0.5) is 0 Å². The number of carboxylic acid groups (broad SMARTS) is 1. The lowest BCUT2D eigenvalue weighted by Crippen LogP contribution is -2.42. The maximum absolute atomic E-state index is 12.1. The molecule has 0 fully saturated rings. The number of benzene rings is 3. The molecule has 1 aromatic heterocycles. The number of fused-ring (bicyclic) bond motifs is 3. The molecule has 1 aliphatic carbocycles. The molecule has 3 aromatic carbocycles. The van der Waals surface area contributed by atoms with Gasteiger partial charge in [-0.25, -0.2) is 9.86 Å². The van der Waals surface area contributed by atoms with E-state index in [1.54, 1.807) is 6.20 Å². The fourth-order valence-electron chi connectivity index (χ4n) is 4.87. The first kappa shape index (κ1) is 23.5. The molecule has 4 aromatic rings. The van der Waals surface area contributed by atoms with E-state index in [-0.39, 0.29) is 18.9 Å². The normalized spacial score (nSPS) is 13.0. The summed E-state index contributed by atoms with van der Waals surface area (Å²) >= 11 is 0. The molecule has 1 amide bonds. The predicted octanol–water partition coefficient (Wildman–Crippen LogP) is 5.26. The van der Waals surface area contributed by atoms with Crippen molar-refractivity contribution in [3.05, 3.63) is 113 Å². The molecule has 1 unspecified atom stereocenters. The van der Waals surface area contributed by atoms with E-state index in [9.17, 15) is 14.7 Å². The Labute approximate surface area is 209 Å². The summed E-state index contributed by atoms with van der Waals surface area (Å²) in [5.41, 5.74) is 8.12. The van der Waals surface area contributed by atoms with Crippen molar-refractivity contribution in [1.82, 2.24) is 10.0 Å². The third-order valence-electron chi connectivity index (χ3n) is 6.72. The molecule has 1 atom stereocenters. The molecule has 5 rings (SSSR count). The first-order valence-electron chi connectivity index (χ1n) is 11.9. The maximum atomic E-state index is 12.1. The van der Waals surface area contributed by atoms with Crippen LogP contribution >= 0.6 is 0 Å². The third kappa shape index (κ3) is 4.51. The first-order valence-corrected chi connectivity index (χ1v) is 11.9. The van der Waals surface area contributed by atoms with Gasteiger partial charge in [0.15, 0.2) is 6.04 Å². The first-order chi connectivity index (χ1) is 17.6. The molecule has 1 aliphatic rings. The van der Waals surface area contributed by atoms with Gasteiger partial charge in [0, 0.05) is 24.1 Å². The van der Waals surface area contributed by atoms with Crippen molar-refractivity contribution < 1.29 is 19.5 Å². The number of hydroxylamine groups is 2. The summed E-state index contributed by atoms with van der Waals surface area (Å²) in [7, 11) is 0. The highest BCUT2D eigenvalue weighted by Crippen LogP contribution is 2.44. The lowest BCUT2D eigenvalue weighted by Gasteiger charge is -2.26. The number of aliphatic carboxylic acids is 1. The summed E-state index contributed by atoms with van der Waals surface area (Å²) in [6.45, 7) is 2.17. The van der Waals surface area contributed by atoms with Gasteiger partial charge in [-0.2, -0.15) is 0 Å². The maximum Gasteiger partial charge on any atom is 0.329 e. The SMILES string of the molecule is Cc1ccccc1-c1ccc(CC(C(=O)O)N(C=O)OCC2c3ccccc3-c3ccccc32)cn1. The molecule has 0 radical (unpaired) electrons. The summed E-state index contributed by atoms with van der Waals surface area (Å²) in [5, 5.41) is 10.8. The van der Waals surface area contributed by atoms with E-state index in [0.29, 0.717) is 12.0 Å². The van der Waals surface area contributed by atoms with E-state index < -0.39 is 12.0 Å². The fourth-order valence-corrected chi connectivity index (χ4v) is 4.87. The van der Waals surface area contributed by atoms with E-state index >= 15 is 0 Å². The molecule has 36 heavy (non-hydrogen) atoms. The lowest BCUT2D eigenvalue weighted by atomic mass is 9.98. The summed E-state index contributed by atoms with van der Waals surface area (Å²) < 4.78 is 0. The van der Waals surface area contributed by atoms with Gasteiger partial charge < -0.3 is 5.11 Å². The number of nitrogens with zero attached hydrogens (tertiary/aromatic N) is 2. The van der Waals surface area contributed by atoms with Gasteiger partial charge in [0.05, 0.1) is 12.3 Å². The monoisotopic (exact) mass is 478 g/mol. The molecule has 180 valence electrons. The minimum atomic E-state index is -1.18. The van der Waals surface area contributed by atoms with Crippen LogP contribution in [0.3, 0.4) is 0 Å². The molecule has 0 spiro atoms. The minimum Gasteiger partial charge on any atom is -0.480 e. The van der Waals surface area contributed by atoms with Crippen molar-refractivity contribution in [2.45, 2.75) is 25.3 Å². The molecular weight excluding hydrogens is 452 g/mol. The zero-order chi connectivity index (χ0) is 25.1. The second-order valence-corrected chi connectivity index (χ2v) is 8.91. The number of carbonyl (C=O) groups excluding carboxylic acids is 1. The molecule has 0 aliphatic heterocycles. The number of aromatic nitrogens is 1. The molecular formula is C30H26N2O4. The number of aryl methyl sites for hydroxylation is 1. The van der Waals surface area contributed by atoms with Crippen LogP contribution in [0, 0.1) is 6.92 Å². The second-order valence-electron chi connectivity index (χ2n) is 8.91. The topological polar surface area (TPSA) is 79.7 Å². The van der Waals surface area contributed by atoms with Crippen LogP contribution in [0.1, 0.15) is 28.2 Å². The molecule has 0 saturated carbocycles. The van der Waals surface area contributed by atoms with Gasteiger partial charge in [-0.3, -0.25) is 14.6 Å². The van der Waals surface area contributed by atoms with Crippen molar-refractivity contribution in [1.29, 1.82) is 0 Å². The van der Waals surface area contributed by atoms with Crippen LogP contribution in [0.15, 0.2) is 91.1 Å². The van der Waals surface area contributed by atoms with Gasteiger partial charge >= 0.3 is 5.97 Å². The Morgan fingerprint density at radius 2 is 1.56 bits per heavy atom. The van der Waals surface area contributed by atoms with Crippen molar-refractivity contribution in [3.63, 3.8) is 0 Å². The van der Waals surface area contributed by atoms with Crippen molar-refractivity contribution >= 4 is 12.4 Å². The number of amides is 1. The molecule has 6 heteroatoms. The van der Waals surface area contributed by atoms with E-state index in [0.717, 1.165) is 44.1 Å². The number of pyridine rings is 1. The lowest BCUT2D eigenvalue weighted by molar-refractivity contribution is -0.196. The Bertz CT molecular complexity index is 1350. The van der Waals surface area contributed by atoms with Gasteiger partial charge in [-0.1, -0.05) is 78.9 Å². The van der Waals surface area contributed by atoms with Crippen LogP contribution in [-0.4, -0.2) is 40.2 Å². The molecule has 1 N–H and O–H groups in total. The van der Waals surface area contributed by atoms with Gasteiger partial charge in [-0.15, -0.1) is 0 Å². The van der Waals surface area contributed by atoms with E-state index in [1.807, 2.05) is 79.7 Å². The highest BCUT2D eigenvalue weighted by molar-refractivity contribution is 5.79. The Kier molecular flexibility index (Phi) is 6.60. The average Bonchev–Trinajstić information content (AvgIpc) is 3.23. The smallest absolute Gasteiger partial charge is 0.329 e. The van der Waals surface area contributed by atoms with Crippen LogP contribution < -0.4 is 0 Å². The molecule has 6 nitrogen and oxygen atoms in total. The summed E-state index contributed by atoms with van der Waals surface area (Å²) in [4.78, 5) is 34.4. The summed E-state index contributed by atoms with van der Waals surface area (Å²) in [6.07, 6.45) is 2.18. The zero-order valence-corrected chi connectivity index (χ0v) is 19.9. The highest BCUT2D eigenvalue weighted by atomic mass is 16.7. The van der Waals surface area contributed by atoms with E-state index in [2.05, 4.69) is 17.1 Å².